The third kappa shape index (κ3) is 6.13. The summed E-state index contributed by atoms with van der Waals surface area (Å²) in [6.45, 7) is 17.6. The number of rotatable bonds is 2. The zero-order valence-electron chi connectivity index (χ0n) is 16.9. The maximum absolute atomic E-state index is 2.33. The molecule has 0 unspecified atom stereocenters. The van der Waals surface area contributed by atoms with Gasteiger partial charge >= 0.3 is 0 Å². The maximum atomic E-state index is 2.33. The first-order valence-electron chi connectivity index (χ1n) is 9.20. The van der Waals surface area contributed by atoms with Crippen LogP contribution in [-0.4, -0.2) is 0 Å². The van der Waals surface area contributed by atoms with Crippen molar-refractivity contribution in [2.75, 3.05) is 0 Å². The molecule has 24 heavy (non-hydrogen) atoms. The maximum Gasteiger partial charge on any atom is 0.134 e. The Kier molecular flexibility index (Phi) is 7.23. The van der Waals surface area contributed by atoms with E-state index in [1.54, 1.807) is 0 Å². The van der Waals surface area contributed by atoms with Gasteiger partial charge in [0.1, 0.15) is 11.4 Å². The van der Waals surface area contributed by atoms with Gasteiger partial charge in [-0.15, -0.1) is 0 Å². The first kappa shape index (κ1) is 20.4. The van der Waals surface area contributed by atoms with Crippen molar-refractivity contribution in [2.24, 2.45) is 5.41 Å². The lowest BCUT2D eigenvalue weighted by molar-refractivity contribution is -0.512. The lowest BCUT2D eigenvalue weighted by atomic mass is 9.86. The van der Waals surface area contributed by atoms with Crippen molar-refractivity contribution in [2.45, 2.75) is 67.2 Å². The molecule has 0 radical (unpaired) electrons. The standard InChI is InChI=1S/C21H29N.C2H6/c1-20(2,3)16-8-7-9-18(13-10-16)22-19-14-11-17(12-15-19)21(4,5)6;1-2/h8-15,22H,7H2,1-6H3;1-2H3/p+1. The Hall–Kier alpha value is -1.60. The molecule has 0 fully saturated rings. The van der Waals surface area contributed by atoms with E-state index in [1.165, 1.54) is 22.5 Å². The van der Waals surface area contributed by atoms with E-state index in [1.807, 2.05) is 13.8 Å². The van der Waals surface area contributed by atoms with Crippen LogP contribution in [0.3, 0.4) is 0 Å². The highest BCUT2D eigenvalue weighted by Gasteiger charge is 2.16. The SMILES string of the molecule is CC.CC(C)(C)C1=CCC=C([NH2+]c2ccc(C(C)(C)C)cc2)C=C1. The smallest absolute Gasteiger partial charge is 0.134 e. The van der Waals surface area contributed by atoms with Crippen molar-refractivity contribution in [3.8, 4) is 0 Å². The molecule has 0 aliphatic heterocycles. The molecule has 2 N–H and O–H groups in total. The van der Waals surface area contributed by atoms with Gasteiger partial charge in [0.05, 0.1) is 0 Å². The average Bonchev–Trinajstić information content (AvgIpc) is 2.74. The quantitative estimate of drug-likeness (QED) is 0.640. The Labute approximate surface area is 149 Å². The number of benzene rings is 1. The normalized spacial score (nSPS) is 15.0. The van der Waals surface area contributed by atoms with Gasteiger partial charge in [-0.2, -0.15) is 0 Å². The number of hydrogen-bond donors (Lipinski definition) is 1. The molecule has 1 aromatic carbocycles. The zero-order chi connectivity index (χ0) is 18.4. The molecule has 0 aromatic heterocycles. The minimum Gasteiger partial charge on any atom is -0.282 e. The largest absolute Gasteiger partial charge is 0.282 e. The van der Waals surface area contributed by atoms with Gasteiger partial charge in [-0.3, -0.25) is 5.32 Å². The molecule has 0 saturated carbocycles. The molecule has 0 bridgehead atoms. The second-order valence-electron chi connectivity index (χ2n) is 8.20. The fourth-order valence-electron chi connectivity index (χ4n) is 2.58. The summed E-state index contributed by atoms with van der Waals surface area (Å²) in [5, 5.41) is 2.27. The number of quaternary nitrogens is 1. The van der Waals surface area contributed by atoms with Crippen molar-refractivity contribution < 1.29 is 5.32 Å². The van der Waals surface area contributed by atoms with Crippen LogP contribution in [0, 0.1) is 5.41 Å². The Balaban J connectivity index is 0.00000139. The van der Waals surface area contributed by atoms with E-state index in [-0.39, 0.29) is 10.8 Å². The van der Waals surface area contributed by atoms with Gasteiger partial charge in [0, 0.05) is 0 Å². The van der Waals surface area contributed by atoms with Crippen LogP contribution >= 0.6 is 0 Å². The van der Waals surface area contributed by atoms with Gasteiger partial charge in [0.2, 0.25) is 0 Å². The minimum absolute atomic E-state index is 0.214. The summed E-state index contributed by atoms with van der Waals surface area (Å²) in [5.74, 6) is 0. The summed E-state index contributed by atoms with van der Waals surface area (Å²) in [7, 11) is 0. The third-order valence-corrected chi connectivity index (χ3v) is 4.12. The second-order valence-corrected chi connectivity index (χ2v) is 8.20. The molecule has 1 aromatic rings. The van der Waals surface area contributed by atoms with Gasteiger partial charge in [0.25, 0.3) is 0 Å². The van der Waals surface area contributed by atoms with Crippen molar-refractivity contribution in [1.82, 2.24) is 0 Å². The van der Waals surface area contributed by atoms with Crippen molar-refractivity contribution in [1.29, 1.82) is 0 Å². The number of allylic oxidation sites excluding steroid dienone is 5. The molecule has 1 heteroatoms. The first-order chi connectivity index (χ1) is 11.2. The monoisotopic (exact) mass is 326 g/mol. The van der Waals surface area contributed by atoms with Gasteiger partial charge in [-0.25, -0.2) is 0 Å². The topological polar surface area (TPSA) is 16.6 Å². The fraction of sp³-hybridized carbons (Fsp3) is 0.478. The lowest BCUT2D eigenvalue weighted by Gasteiger charge is -2.19. The average molecular weight is 327 g/mol. The van der Waals surface area contributed by atoms with Crippen molar-refractivity contribution >= 4 is 5.69 Å². The summed E-state index contributed by atoms with van der Waals surface area (Å²) < 4.78 is 0. The Morgan fingerprint density at radius 1 is 0.750 bits per heavy atom. The second kappa shape index (κ2) is 8.48. The molecule has 0 saturated heterocycles. The van der Waals surface area contributed by atoms with Gasteiger partial charge < -0.3 is 0 Å². The molecule has 0 amide bonds. The molecule has 1 aliphatic rings. The lowest BCUT2D eigenvalue weighted by Crippen LogP contribution is -2.75. The molecule has 1 nitrogen and oxygen atoms in total. The highest BCUT2D eigenvalue weighted by Crippen LogP contribution is 2.28. The van der Waals surface area contributed by atoms with E-state index >= 15 is 0 Å². The fourth-order valence-corrected chi connectivity index (χ4v) is 2.58. The van der Waals surface area contributed by atoms with Crippen LogP contribution in [0.25, 0.3) is 0 Å². The molecular weight excluding hydrogens is 290 g/mol. The summed E-state index contributed by atoms with van der Waals surface area (Å²) >= 11 is 0. The molecule has 132 valence electrons. The van der Waals surface area contributed by atoms with Crippen LogP contribution in [-0.2, 0) is 5.41 Å². The Bertz CT molecular complexity index is 599. The molecule has 0 heterocycles. The highest BCUT2D eigenvalue weighted by atomic mass is 14.9. The number of nitrogens with two attached hydrogens (primary N) is 1. The highest BCUT2D eigenvalue weighted by molar-refractivity contribution is 5.37. The van der Waals surface area contributed by atoms with Gasteiger partial charge in [0.15, 0.2) is 0 Å². The van der Waals surface area contributed by atoms with E-state index in [4.69, 9.17) is 0 Å². The van der Waals surface area contributed by atoms with E-state index in [0.717, 1.165) is 6.42 Å². The summed E-state index contributed by atoms with van der Waals surface area (Å²) in [5.41, 5.74) is 5.78. The molecule has 2 rings (SSSR count). The van der Waals surface area contributed by atoms with E-state index in [9.17, 15) is 0 Å². The predicted octanol–water partition coefficient (Wildman–Crippen LogP) is 6.02. The van der Waals surface area contributed by atoms with Gasteiger partial charge in [-0.1, -0.05) is 79.7 Å². The third-order valence-electron chi connectivity index (χ3n) is 4.12. The summed E-state index contributed by atoms with van der Waals surface area (Å²) in [6, 6.07) is 8.92. The predicted molar refractivity (Wildman–Crippen MR) is 107 cm³/mol. The van der Waals surface area contributed by atoms with Gasteiger partial charge in [-0.05, 0) is 52.7 Å². The van der Waals surface area contributed by atoms with E-state index < -0.39 is 0 Å². The minimum atomic E-state index is 0.214. The van der Waals surface area contributed by atoms with Crippen molar-refractivity contribution in [3.63, 3.8) is 0 Å². The van der Waals surface area contributed by atoms with Crippen LogP contribution < -0.4 is 5.32 Å². The van der Waals surface area contributed by atoms with Crippen LogP contribution in [0.1, 0.15) is 67.4 Å². The molecule has 0 spiro atoms. The summed E-state index contributed by atoms with van der Waals surface area (Å²) in [4.78, 5) is 0. The molecule has 1 aliphatic carbocycles. The van der Waals surface area contributed by atoms with E-state index in [2.05, 4.69) is 95.4 Å². The first-order valence-corrected chi connectivity index (χ1v) is 9.20. The van der Waals surface area contributed by atoms with E-state index in [0.29, 0.717) is 0 Å². The Morgan fingerprint density at radius 3 is 1.83 bits per heavy atom. The molecular formula is C23H36N+. The number of hydrogen-bond acceptors (Lipinski definition) is 0. The zero-order valence-corrected chi connectivity index (χ0v) is 16.9. The Morgan fingerprint density at radius 2 is 1.33 bits per heavy atom. The van der Waals surface area contributed by atoms with Crippen LogP contribution in [0.15, 0.2) is 59.8 Å². The van der Waals surface area contributed by atoms with Crippen LogP contribution in [0.5, 0.6) is 0 Å². The van der Waals surface area contributed by atoms with Crippen LogP contribution in [0.4, 0.5) is 5.69 Å². The van der Waals surface area contributed by atoms with Crippen molar-refractivity contribution in [3.05, 3.63) is 65.4 Å². The summed E-state index contributed by atoms with van der Waals surface area (Å²) in [6.07, 6.45) is 10.1. The van der Waals surface area contributed by atoms with Crippen LogP contribution in [0.2, 0.25) is 0 Å². The molecule has 0 atom stereocenters.